The third-order valence-corrected chi connectivity index (χ3v) is 5.42. The fraction of sp³-hybridized carbons (Fsp3) is 0.900. The van der Waals surface area contributed by atoms with Crippen molar-refractivity contribution in [2.24, 2.45) is 11.8 Å². The highest BCUT2D eigenvalue weighted by Crippen LogP contribution is 2.49. The minimum atomic E-state index is 0.249. The molecule has 0 aromatic heterocycles. The first kappa shape index (κ1) is 9.04. The molecule has 1 aliphatic carbocycles. The third-order valence-electron chi connectivity index (χ3n) is 3.73. The molecule has 2 aliphatic heterocycles. The van der Waals surface area contributed by atoms with E-state index >= 15 is 0 Å². The minimum absolute atomic E-state index is 0.249. The van der Waals surface area contributed by atoms with Crippen molar-refractivity contribution in [2.75, 3.05) is 6.67 Å². The number of hydrogen-bond acceptors (Lipinski definition) is 3. The Morgan fingerprint density at radius 2 is 2.14 bits per heavy atom. The molecule has 1 saturated carbocycles. The predicted molar refractivity (Wildman–Crippen MR) is 56.8 cm³/mol. The number of amides is 1. The number of hydrogen-bond donors (Lipinski definition) is 2. The Labute approximate surface area is 88.4 Å². The number of rotatable bonds is 0. The second kappa shape index (κ2) is 3.42. The van der Waals surface area contributed by atoms with E-state index < -0.39 is 0 Å². The van der Waals surface area contributed by atoms with Crippen LogP contribution in [-0.2, 0) is 4.79 Å². The van der Waals surface area contributed by atoms with Gasteiger partial charge in [0, 0.05) is 5.25 Å². The summed E-state index contributed by atoms with van der Waals surface area (Å²) in [6, 6.07) is 0. The summed E-state index contributed by atoms with van der Waals surface area (Å²) in [5, 5.41) is 7.47. The van der Waals surface area contributed by atoms with E-state index in [4.69, 9.17) is 0 Å². The molecule has 4 unspecified atom stereocenters. The lowest BCUT2D eigenvalue weighted by atomic mass is 9.79. The molecule has 78 valence electrons. The third kappa shape index (κ3) is 1.27. The van der Waals surface area contributed by atoms with Crippen LogP contribution < -0.4 is 10.6 Å². The van der Waals surface area contributed by atoms with E-state index in [1.807, 2.05) is 11.8 Å². The molecule has 0 aromatic carbocycles. The Balaban J connectivity index is 1.83. The van der Waals surface area contributed by atoms with E-state index in [0.29, 0.717) is 18.0 Å². The molecule has 14 heavy (non-hydrogen) atoms. The lowest BCUT2D eigenvalue weighted by Gasteiger charge is -2.30. The minimum Gasteiger partial charge on any atom is -0.343 e. The lowest BCUT2D eigenvalue weighted by Crippen LogP contribution is -2.53. The Morgan fingerprint density at radius 1 is 1.29 bits per heavy atom. The maximum absolute atomic E-state index is 11.8. The molecular weight excluding hydrogens is 196 g/mol. The number of nitrogens with one attached hydrogen (secondary N) is 2. The Kier molecular flexibility index (Phi) is 2.21. The van der Waals surface area contributed by atoms with Gasteiger partial charge >= 0.3 is 0 Å². The molecule has 2 saturated heterocycles. The Morgan fingerprint density at radius 3 is 3.07 bits per heavy atom. The summed E-state index contributed by atoms with van der Waals surface area (Å²) in [4.78, 5) is 11.8. The molecule has 2 N–H and O–H groups in total. The van der Waals surface area contributed by atoms with Gasteiger partial charge in [-0.05, 0) is 18.8 Å². The Hall–Kier alpha value is -0.220. The van der Waals surface area contributed by atoms with Crippen molar-refractivity contribution in [1.29, 1.82) is 0 Å². The van der Waals surface area contributed by atoms with Crippen LogP contribution >= 0.6 is 11.8 Å². The number of carbonyl (C=O) groups excluding carboxylic acids is 1. The monoisotopic (exact) mass is 212 g/mol. The van der Waals surface area contributed by atoms with Gasteiger partial charge in [-0.2, -0.15) is 0 Å². The SMILES string of the molecule is O=C1NCNC2SC3CCCCC3C12. The van der Waals surface area contributed by atoms with Gasteiger partial charge in [-0.25, -0.2) is 0 Å². The van der Waals surface area contributed by atoms with Gasteiger partial charge in [-0.1, -0.05) is 12.8 Å². The molecular formula is C10H16N2OS. The summed E-state index contributed by atoms with van der Waals surface area (Å²) in [5.74, 6) is 1.18. The number of fused-ring (bicyclic) bond motifs is 3. The van der Waals surface area contributed by atoms with Crippen LogP contribution in [0.2, 0.25) is 0 Å². The van der Waals surface area contributed by atoms with Gasteiger partial charge in [0.25, 0.3) is 0 Å². The van der Waals surface area contributed by atoms with Crippen molar-refractivity contribution in [2.45, 2.75) is 36.3 Å². The zero-order chi connectivity index (χ0) is 9.54. The highest BCUT2D eigenvalue weighted by molar-refractivity contribution is 8.00. The van der Waals surface area contributed by atoms with E-state index in [1.165, 1.54) is 25.7 Å². The van der Waals surface area contributed by atoms with Crippen LogP contribution in [0.25, 0.3) is 0 Å². The van der Waals surface area contributed by atoms with Gasteiger partial charge in [-0.15, -0.1) is 11.8 Å². The molecule has 4 heteroatoms. The highest BCUT2D eigenvalue weighted by Gasteiger charge is 2.49. The molecule has 3 fully saturated rings. The van der Waals surface area contributed by atoms with Gasteiger partial charge in [0.2, 0.25) is 5.91 Å². The molecule has 3 aliphatic rings. The largest absolute Gasteiger partial charge is 0.343 e. The zero-order valence-corrected chi connectivity index (χ0v) is 8.98. The Bertz CT molecular complexity index is 259. The standard InChI is InChI=1S/C10H16N2OS/c13-9-8-6-3-1-2-4-7(6)14-10(8)12-5-11-9/h6-8,10,12H,1-5H2,(H,11,13). The zero-order valence-electron chi connectivity index (χ0n) is 8.16. The maximum atomic E-state index is 11.8. The topological polar surface area (TPSA) is 41.1 Å². The van der Waals surface area contributed by atoms with Crippen LogP contribution in [0.15, 0.2) is 0 Å². The van der Waals surface area contributed by atoms with E-state index in [0.717, 1.165) is 5.25 Å². The molecule has 0 radical (unpaired) electrons. The van der Waals surface area contributed by atoms with E-state index in [9.17, 15) is 4.79 Å². The fourth-order valence-corrected chi connectivity index (χ4v) is 4.93. The van der Waals surface area contributed by atoms with Gasteiger partial charge < -0.3 is 5.32 Å². The average Bonchev–Trinajstić information content (AvgIpc) is 2.57. The van der Waals surface area contributed by atoms with Crippen molar-refractivity contribution < 1.29 is 4.79 Å². The summed E-state index contributed by atoms with van der Waals surface area (Å²) in [5.41, 5.74) is 0. The summed E-state index contributed by atoms with van der Waals surface area (Å²) in [7, 11) is 0. The van der Waals surface area contributed by atoms with E-state index in [-0.39, 0.29) is 11.8 Å². The first-order valence-electron chi connectivity index (χ1n) is 5.53. The van der Waals surface area contributed by atoms with Crippen LogP contribution in [0.1, 0.15) is 25.7 Å². The predicted octanol–water partition coefficient (Wildman–Crippen LogP) is 0.911. The number of thioether (sulfide) groups is 1. The van der Waals surface area contributed by atoms with Crippen molar-refractivity contribution in [3.05, 3.63) is 0 Å². The molecule has 3 nitrogen and oxygen atoms in total. The molecule has 3 rings (SSSR count). The number of carbonyl (C=O) groups is 1. The van der Waals surface area contributed by atoms with Gasteiger partial charge in [0.05, 0.1) is 18.0 Å². The molecule has 0 spiro atoms. The van der Waals surface area contributed by atoms with E-state index in [1.54, 1.807) is 0 Å². The van der Waals surface area contributed by atoms with Crippen molar-refractivity contribution >= 4 is 17.7 Å². The van der Waals surface area contributed by atoms with Crippen molar-refractivity contribution in [3.63, 3.8) is 0 Å². The van der Waals surface area contributed by atoms with Crippen LogP contribution in [0, 0.1) is 11.8 Å². The molecule has 0 bridgehead atoms. The van der Waals surface area contributed by atoms with Gasteiger partial charge in [0.15, 0.2) is 0 Å². The molecule has 4 atom stereocenters. The summed E-state index contributed by atoms with van der Waals surface area (Å²) in [6.45, 7) is 0.659. The maximum Gasteiger partial charge on any atom is 0.226 e. The van der Waals surface area contributed by atoms with Crippen LogP contribution in [0.4, 0.5) is 0 Å². The van der Waals surface area contributed by atoms with Gasteiger partial charge in [0.1, 0.15) is 0 Å². The van der Waals surface area contributed by atoms with Crippen LogP contribution in [0.3, 0.4) is 0 Å². The second-order valence-corrected chi connectivity index (χ2v) is 5.88. The molecule has 1 amide bonds. The quantitative estimate of drug-likeness (QED) is 0.627. The fourth-order valence-electron chi connectivity index (χ4n) is 3.07. The van der Waals surface area contributed by atoms with E-state index in [2.05, 4.69) is 10.6 Å². The lowest BCUT2D eigenvalue weighted by molar-refractivity contribution is -0.128. The first-order valence-corrected chi connectivity index (χ1v) is 6.47. The molecule has 2 heterocycles. The van der Waals surface area contributed by atoms with Crippen molar-refractivity contribution in [1.82, 2.24) is 10.6 Å². The summed E-state index contributed by atoms with van der Waals surface area (Å²) < 4.78 is 0. The normalized spacial score (nSPS) is 46.7. The average molecular weight is 212 g/mol. The summed E-state index contributed by atoms with van der Waals surface area (Å²) in [6.07, 6.45) is 5.25. The van der Waals surface area contributed by atoms with Crippen LogP contribution in [-0.4, -0.2) is 23.2 Å². The first-order chi connectivity index (χ1) is 6.86. The van der Waals surface area contributed by atoms with Crippen LogP contribution in [0.5, 0.6) is 0 Å². The van der Waals surface area contributed by atoms with Crippen molar-refractivity contribution in [3.8, 4) is 0 Å². The summed E-state index contributed by atoms with van der Waals surface area (Å²) >= 11 is 2.01. The highest BCUT2D eigenvalue weighted by atomic mass is 32.2. The second-order valence-electron chi connectivity index (χ2n) is 4.49. The van der Waals surface area contributed by atoms with Gasteiger partial charge in [-0.3, -0.25) is 10.1 Å². The molecule has 0 aromatic rings. The smallest absolute Gasteiger partial charge is 0.226 e.